The van der Waals surface area contributed by atoms with Crippen molar-refractivity contribution in [1.82, 2.24) is 10.6 Å². The summed E-state index contributed by atoms with van der Waals surface area (Å²) in [5.74, 6) is 2.42. The van der Waals surface area contributed by atoms with Crippen molar-refractivity contribution in [1.29, 1.82) is 0 Å². The number of nitrogens with zero attached hydrogens (tertiary/aromatic N) is 1. The Morgan fingerprint density at radius 3 is 2.52 bits per heavy atom. The van der Waals surface area contributed by atoms with Crippen LogP contribution in [0.5, 0.6) is 5.75 Å². The van der Waals surface area contributed by atoms with Gasteiger partial charge in [-0.2, -0.15) is 0 Å². The number of nitrogens with one attached hydrogen (secondary N) is 2. The zero-order valence-corrected chi connectivity index (χ0v) is 17.0. The fourth-order valence-corrected chi connectivity index (χ4v) is 2.32. The van der Waals surface area contributed by atoms with Gasteiger partial charge in [0.15, 0.2) is 5.96 Å². The van der Waals surface area contributed by atoms with Crippen LogP contribution < -0.4 is 15.4 Å². The second-order valence-electron chi connectivity index (χ2n) is 6.98. The van der Waals surface area contributed by atoms with E-state index in [1.807, 2.05) is 0 Å². The van der Waals surface area contributed by atoms with Crippen molar-refractivity contribution in [2.45, 2.75) is 39.5 Å². The topological polar surface area (TPSA) is 45.6 Å². The standard InChI is InChI=1S/C18H29N3O.HI/c1-14(2)12-22-16-8-6-15(7-9-16)18(3,4)13-21-17-19-10-5-11-20-17;/h6-9,14H,5,10-13H2,1-4H3,(H2,19,20,21);1H. The molecule has 130 valence electrons. The molecule has 23 heavy (non-hydrogen) atoms. The number of halogens is 1. The van der Waals surface area contributed by atoms with Gasteiger partial charge in [0, 0.05) is 25.0 Å². The maximum atomic E-state index is 5.75. The molecule has 0 spiro atoms. The van der Waals surface area contributed by atoms with Gasteiger partial charge in [-0.05, 0) is 30.0 Å². The lowest BCUT2D eigenvalue weighted by Gasteiger charge is -2.27. The molecule has 1 aromatic rings. The molecule has 1 aliphatic heterocycles. The van der Waals surface area contributed by atoms with Crippen LogP contribution in [0.3, 0.4) is 0 Å². The first kappa shape index (κ1) is 20.1. The zero-order valence-electron chi connectivity index (χ0n) is 14.7. The zero-order chi connectivity index (χ0) is 16.0. The number of ether oxygens (including phenoxy) is 1. The molecule has 0 fully saturated rings. The lowest BCUT2D eigenvalue weighted by atomic mass is 9.84. The molecule has 0 atom stereocenters. The number of benzene rings is 1. The van der Waals surface area contributed by atoms with Gasteiger partial charge in [-0.15, -0.1) is 24.0 Å². The summed E-state index contributed by atoms with van der Waals surface area (Å²) in [5.41, 5.74) is 1.34. The molecule has 0 radical (unpaired) electrons. The highest BCUT2D eigenvalue weighted by Crippen LogP contribution is 2.24. The monoisotopic (exact) mass is 431 g/mol. The van der Waals surface area contributed by atoms with Crippen LogP contribution in [0.25, 0.3) is 0 Å². The van der Waals surface area contributed by atoms with Crippen molar-refractivity contribution in [3.8, 4) is 5.75 Å². The third kappa shape index (κ3) is 6.57. The Morgan fingerprint density at radius 1 is 1.26 bits per heavy atom. The normalized spacial score (nSPS) is 14.6. The van der Waals surface area contributed by atoms with Gasteiger partial charge in [0.2, 0.25) is 0 Å². The van der Waals surface area contributed by atoms with Gasteiger partial charge in [0.1, 0.15) is 5.75 Å². The van der Waals surface area contributed by atoms with Crippen molar-refractivity contribution >= 4 is 29.9 Å². The van der Waals surface area contributed by atoms with E-state index in [0.717, 1.165) is 44.4 Å². The van der Waals surface area contributed by atoms with Crippen LogP contribution in [-0.2, 0) is 5.41 Å². The van der Waals surface area contributed by atoms with Crippen LogP contribution in [0.2, 0.25) is 0 Å². The first-order valence-electron chi connectivity index (χ1n) is 8.23. The summed E-state index contributed by atoms with van der Waals surface area (Å²) in [6.07, 6.45) is 1.12. The van der Waals surface area contributed by atoms with E-state index in [1.165, 1.54) is 5.56 Å². The molecule has 1 aromatic carbocycles. The molecule has 1 heterocycles. The predicted octanol–water partition coefficient (Wildman–Crippen LogP) is 3.56. The minimum atomic E-state index is 0. The van der Waals surface area contributed by atoms with Crippen LogP contribution >= 0.6 is 24.0 Å². The Morgan fingerprint density at radius 2 is 1.96 bits per heavy atom. The Labute approximate surface area is 157 Å². The average Bonchev–Trinajstić information content (AvgIpc) is 2.52. The Balaban J connectivity index is 0.00000264. The highest BCUT2D eigenvalue weighted by molar-refractivity contribution is 14.0. The number of guanidine groups is 1. The van der Waals surface area contributed by atoms with Gasteiger partial charge < -0.3 is 15.4 Å². The fraction of sp³-hybridized carbons (Fsp3) is 0.611. The quantitative estimate of drug-likeness (QED) is 0.678. The molecule has 0 bridgehead atoms. The van der Waals surface area contributed by atoms with Crippen LogP contribution in [0, 0.1) is 5.92 Å². The van der Waals surface area contributed by atoms with Crippen molar-refractivity contribution in [2.75, 3.05) is 26.2 Å². The molecule has 1 aliphatic rings. The summed E-state index contributed by atoms with van der Waals surface area (Å²) in [6, 6.07) is 8.45. The van der Waals surface area contributed by atoms with E-state index in [1.54, 1.807) is 0 Å². The van der Waals surface area contributed by atoms with E-state index in [4.69, 9.17) is 4.74 Å². The minimum absolute atomic E-state index is 0. The molecule has 0 saturated heterocycles. The smallest absolute Gasteiger partial charge is 0.191 e. The first-order valence-corrected chi connectivity index (χ1v) is 8.23. The van der Waals surface area contributed by atoms with E-state index < -0.39 is 0 Å². The van der Waals surface area contributed by atoms with Crippen molar-refractivity contribution in [2.24, 2.45) is 10.9 Å². The van der Waals surface area contributed by atoms with E-state index >= 15 is 0 Å². The fourth-order valence-electron chi connectivity index (χ4n) is 2.32. The molecule has 4 nitrogen and oxygen atoms in total. The lowest BCUT2D eigenvalue weighted by Crippen LogP contribution is -2.45. The van der Waals surface area contributed by atoms with Crippen LogP contribution in [-0.4, -0.2) is 32.2 Å². The summed E-state index contributed by atoms with van der Waals surface area (Å²) in [5, 5.41) is 6.72. The van der Waals surface area contributed by atoms with Gasteiger partial charge in [0.05, 0.1) is 6.61 Å². The summed E-state index contributed by atoms with van der Waals surface area (Å²) >= 11 is 0. The van der Waals surface area contributed by atoms with Gasteiger partial charge in [-0.25, -0.2) is 0 Å². The molecule has 0 saturated carbocycles. The number of aliphatic imine (C=N–C) groups is 1. The Hall–Kier alpha value is -0.980. The largest absolute Gasteiger partial charge is 0.493 e. The number of rotatable bonds is 6. The SMILES string of the molecule is CC(C)COc1ccc(C(C)(C)CNC2=NCCCN2)cc1.I. The molecule has 0 aromatic heterocycles. The summed E-state index contributed by atoms with van der Waals surface area (Å²) in [7, 11) is 0. The van der Waals surface area contributed by atoms with E-state index in [2.05, 4.69) is 67.6 Å². The highest BCUT2D eigenvalue weighted by Gasteiger charge is 2.21. The van der Waals surface area contributed by atoms with Gasteiger partial charge in [-0.3, -0.25) is 4.99 Å². The molecular formula is C18H30IN3O. The second kappa shape index (κ2) is 9.35. The van der Waals surface area contributed by atoms with Crippen molar-refractivity contribution in [3.63, 3.8) is 0 Å². The summed E-state index contributed by atoms with van der Waals surface area (Å²) in [4.78, 5) is 4.46. The molecule has 5 heteroatoms. The van der Waals surface area contributed by atoms with E-state index in [0.29, 0.717) is 5.92 Å². The first-order chi connectivity index (χ1) is 10.5. The molecule has 0 unspecified atom stereocenters. The molecule has 2 rings (SSSR count). The van der Waals surface area contributed by atoms with Crippen molar-refractivity contribution in [3.05, 3.63) is 29.8 Å². The lowest BCUT2D eigenvalue weighted by molar-refractivity contribution is 0.271. The van der Waals surface area contributed by atoms with Crippen LogP contribution in [0.1, 0.15) is 39.7 Å². The van der Waals surface area contributed by atoms with Crippen LogP contribution in [0.4, 0.5) is 0 Å². The maximum absolute atomic E-state index is 5.75. The highest BCUT2D eigenvalue weighted by atomic mass is 127. The molecule has 0 amide bonds. The third-order valence-electron chi connectivity index (χ3n) is 3.81. The third-order valence-corrected chi connectivity index (χ3v) is 3.81. The Bertz CT molecular complexity index is 497. The van der Waals surface area contributed by atoms with Gasteiger partial charge in [-0.1, -0.05) is 39.8 Å². The van der Waals surface area contributed by atoms with Gasteiger partial charge in [0.25, 0.3) is 0 Å². The minimum Gasteiger partial charge on any atom is -0.493 e. The maximum Gasteiger partial charge on any atom is 0.191 e. The molecule has 2 N–H and O–H groups in total. The van der Waals surface area contributed by atoms with Crippen molar-refractivity contribution < 1.29 is 4.74 Å². The number of hydrogen-bond donors (Lipinski definition) is 2. The molecule has 0 aliphatic carbocycles. The summed E-state index contributed by atoms with van der Waals surface area (Å²) in [6.45, 7) is 12.3. The second-order valence-corrected chi connectivity index (χ2v) is 6.98. The summed E-state index contributed by atoms with van der Waals surface area (Å²) < 4.78 is 5.75. The van der Waals surface area contributed by atoms with E-state index in [-0.39, 0.29) is 29.4 Å². The molecular weight excluding hydrogens is 401 g/mol. The Kier molecular flexibility index (Phi) is 8.16. The van der Waals surface area contributed by atoms with Gasteiger partial charge >= 0.3 is 0 Å². The number of hydrogen-bond acceptors (Lipinski definition) is 4. The van der Waals surface area contributed by atoms with Crippen LogP contribution in [0.15, 0.2) is 29.3 Å². The van der Waals surface area contributed by atoms with E-state index in [9.17, 15) is 0 Å². The predicted molar refractivity (Wildman–Crippen MR) is 108 cm³/mol. The average molecular weight is 431 g/mol.